The number of hydrogen-bond acceptors (Lipinski definition) is 3. The average Bonchev–Trinajstić information content (AvgIpc) is 3.00. The number of carbonyl (C=O) groups is 1. The summed E-state index contributed by atoms with van der Waals surface area (Å²) in [6.45, 7) is 5.84. The lowest BCUT2D eigenvalue weighted by Gasteiger charge is -2.42. The Balaban J connectivity index is 1.90. The molecule has 1 aliphatic rings. The van der Waals surface area contributed by atoms with E-state index in [-0.39, 0.29) is 11.4 Å². The van der Waals surface area contributed by atoms with Crippen molar-refractivity contribution in [1.29, 1.82) is 0 Å². The summed E-state index contributed by atoms with van der Waals surface area (Å²) >= 11 is 0. The van der Waals surface area contributed by atoms with Gasteiger partial charge in [-0.1, -0.05) is 6.07 Å². The predicted molar refractivity (Wildman–Crippen MR) is 79.5 cm³/mol. The molecule has 1 amide bonds. The van der Waals surface area contributed by atoms with E-state index in [1.807, 2.05) is 55.3 Å². The van der Waals surface area contributed by atoms with Crippen LogP contribution in [-0.2, 0) is 4.74 Å². The van der Waals surface area contributed by atoms with Gasteiger partial charge in [-0.05, 0) is 38.1 Å². The molecule has 1 aromatic heterocycles. The summed E-state index contributed by atoms with van der Waals surface area (Å²) in [6.07, 6.45) is 3.59. The van der Waals surface area contributed by atoms with Crippen LogP contribution >= 0.6 is 0 Å². The first-order valence-corrected chi connectivity index (χ1v) is 7.08. The van der Waals surface area contributed by atoms with Gasteiger partial charge < -0.3 is 9.64 Å². The fraction of sp³-hybridized carbons (Fsp3) is 0.375. The number of carbonyl (C=O) groups excluding carboxylic acids is 1. The molecule has 0 atom stereocenters. The van der Waals surface area contributed by atoms with Gasteiger partial charge in [-0.15, -0.1) is 0 Å². The van der Waals surface area contributed by atoms with Gasteiger partial charge >= 0.3 is 0 Å². The van der Waals surface area contributed by atoms with Crippen molar-refractivity contribution in [3.63, 3.8) is 0 Å². The number of aromatic nitrogens is 2. The van der Waals surface area contributed by atoms with Crippen molar-refractivity contribution >= 4 is 5.91 Å². The maximum Gasteiger partial charge on any atom is 0.254 e. The van der Waals surface area contributed by atoms with Crippen LogP contribution < -0.4 is 0 Å². The monoisotopic (exact) mass is 285 g/mol. The second-order valence-corrected chi connectivity index (χ2v) is 5.82. The topological polar surface area (TPSA) is 47.4 Å². The minimum atomic E-state index is -0.281. The molecule has 0 radical (unpaired) electrons. The van der Waals surface area contributed by atoms with Gasteiger partial charge in [-0.3, -0.25) is 4.79 Å². The molecule has 1 aromatic carbocycles. The zero-order chi connectivity index (χ0) is 14.9. The summed E-state index contributed by atoms with van der Waals surface area (Å²) < 4.78 is 7.23. The number of rotatable bonds is 2. The highest BCUT2D eigenvalue weighted by Gasteiger charge is 2.34. The van der Waals surface area contributed by atoms with E-state index in [9.17, 15) is 4.79 Å². The largest absolute Gasteiger partial charge is 0.377 e. The molecule has 21 heavy (non-hydrogen) atoms. The molecule has 5 heteroatoms. The summed E-state index contributed by atoms with van der Waals surface area (Å²) in [5, 5.41) is 4.20. The van der Waals surface area contributed by atoms with Gasteiger partial charge in [0, 0.05) is 24.5 Å². The first-order chi connectivity index (χ1) is 10.1. The summed E-state index contributed by atoms with van der Waals surface area (Å²) in [6, 6.07) is 9.41. The van der Waals surface area contributed by atoms with Gasteiger partial charge in [-0.25, -0.2) is 4.68 Å². The summed E-state index contributed by atoms with van der Waals surface area (Å²) in [4.78, 5) is 14.7. The lowest BCUT2D eigenvalue weighted by molar-refractivity contribution is -0.0370. The van der Waals surface area contributed by atoms with Gasteiger partial charge in [0.15, 0.2) is 0 Å². The highest BCUT2D eigenvalue weighted by Crippen LogP contribution is 2.22. The average molecular weight is 285 g/mol. The smallest absolute Gasteiger partial charge is 0.254 e. The molecule has 0 bridgehead atoms. The van der Waals surface area contributed by atoms with E-state index in [0.717, 1.165) is 5.69 Å². The molecule has 0 saturated carbocycles. The Bertz CT molecular complexity index is 635. The number of morpholine rings is 1. The van der Waals surface area contributed by atoms with E-state index >= 15 is 0 Å². The molecule has 1 saturated heterocycles. The highest BCUT2D eigenvalue weighted by atomic mass is 16.5. The first kappa shape index (κ1) is 13.8. The molecule has 0 N–H and O–H groups in total. The molecule has 5 nitrogen and oxygen atoms in total. The van der Waals surface area contributed by atoms with E-state index < -0.39 is 0 Å². The number of benzene rings is 1. The Labute approximate surface area is 124 Å². The molecule has 1 fully saturated rings. The molecule has 0 spiro atoms. The van der Waals surface area contributed by atoms with E-state index in [2.05, 4.69) is 5.10 Å². The number of amides is 1. The molecular weight excluding hydrogens is 266 g/mol. The second kappa shape index (κ2) is 5.33. The van der Waals surface area contributed by atoms with Crippen LogP contribution in [0, 0.1) is 0 Å². The van der Waals surface area contributed by atoms with Crippen LogP contribution in [0.4, 0.5) is 0 Å². The van der Waals surface area contributed by atoms with Crippen molar-refractivity contribution in [3.8, 4) is 5.69 Å². The minimum Gasteiger partial charge on any atom is -0.377 e. The van der Waals surface area contributed by atoms with Gasteiger partial charge in [0.2, 0.25) is 0 Å². The molecule has 0 unspecified atom stereocenters. The normalized spacial score (nSPS) is 17.7. The van der Waals surface area contributed by atoms with Gasteiger partial charge in [0.05, 0.1) is 24.4 Å². The maximum atomic E-state index is 12.8. The quantitative estimate of drug-likeness (QED) is 0.849. The summed E-state index contributed by atoms with van der Waals surface area (Å²) in [7, 11) is 0. The van der Waals surface area contributed by atoms with Crippen molar-refractivity contribution in [2.45, 2.75) is 19.4 Å². The molecule has 2 heterocycles. The third kappa shape index (κ3) is 2.69. The van der Waals surface area contributed by atoms with E-state index in [1.165, 1.54) is 0 Å². The highest BCUT2D eigenvalue weighted by molar-refractivity contribution is 5.95. The van der Waals surface area contributed by atoms with Crippen molar-refractivity contribution in [2.75, 3.05) is 19.8 Å². The third-order valence-corrected chi connectivity index (χ3v) is 3.75. The second-order valence-electron chi connectivity index (χ2n) is 5.82. The Hall–Kier alpha value is -2.14. The zero-order valence-corrected chi connectivity index (χ0v) is 12.3. The third-order valence-electron chi connectivity index (χ3n) is 3.75. The lowest BCUT2D eigenvalue weighted by atomic mass is 10.0. The van der Waals surface area contributed by atoms with Crippen molar-refractivity contribution in [2.24, 2.45) is 0 Å². The minimum absolute atomic E-state index is 0.0392. The maximum absolute atomic E-state index is 12.8. The van der Waals surface area contributed by atoms with Crippen LogP contribution in [0.25, 0.3) is 5.69 Å². The van der Waals surface area contributed by atoms with Crippen LogP contribution in [0.15, 0.2) is 42.7 Å². The fourth-order valence-electron chi connectivity index (χ4n) is 2.59. The van der Waals surface area contributed by atoms with Gasteiger partial charge in [-0.2, -0.15) is 5.10 Å². The van der Waals surface area contributed by atoms with Crippen LogP contribution in [0.1, 0.15) is 24.2 Å². The molecule has 110 valence electrons. The van der Waals surface area contributed by atoms with Crippen LogP contribution in [0.2, 0.25) is 0 Å². The molecule has 0 aliphatic carbocycles. The van der Waals surface area contributed by atoms with Crippen LogP contribution in [0.3, 0.4) is 0 Å². The zero-order valence-electron chi connectivity index (χ0n) is 12.3. The lowest BCUT2D eigenvalue weighted by Crippen LogP contribution is -2.55. The predicted octanol–water partition coefficient (Wildman–Crippen LogP) is 2.12. The van der Waals surface area contributed by atoms with Gasteiger partial charge in [0.1, 0.15) is 0 Å². The first-order valence-electron chi connectivity index (χ1n) is 7.08. The number of ether oxygens (including phenoxy) is 1. The molecule has 3 rings (SSSR count). The van der Waals surface area contributed by atoms with E-state index in [0.29, 0.717) is 25.3 Å². The Morgan fingerprint density at radius 3 is 2.90 bits per heavy atom. The standard InChI is InChI=1S/C16H19N3O2/c1-16(2)12-21-10-9-18(16)15(20)13-5-3-6-14(11-13)19-8-4-7-17-19/h3-8,11H,9-10,12H2,1-2H3. The SMILES string of the molecule is CC1(C)COCCN1C(=O)c1cccc(-n2cccn2)c1. The van der Waals surface area contributed by atoms with Crippen molar-refractivity contribution < 1.29 is 9.53 Å². The fourth-order valence-corrected chi connectivity index (χ4v) is 2.59. The van der Waals surface area contributed by atoms with Crippen LogP contribution in [0.5, 0.6) is 0 Å². The molecular formula is C16H19N3O2. The Kier molecular flexibility index (Phi) is 3.51. The van der Waals surface area contributed by atoms with Crippen molar-refractivity contribution in [1.82, 2.24) is 14.7 Å². The van der Waals surface area contributed by atoms with Crippen LogP contribution in [-0.4, -0.2) is 45.9 Å². The van der Waals surface area contributed by atoms with E-state index in [4.69, 9.17) is 4.74 Å². The summed E-state index contributed by atoms with van der Waals surface area (Å²) in [5.74, 6) is 0.0392. The number of hydrogen-bond donors (Lipinski definition) is 0. The number of nitrogens with zero attached hydrogens (tertiary/aromatic N) is 3. The van der Waals surface area contributed by atoms with Gasteiger partial charge in [0.25, 0.3) is 5.91 Å². The molecule has 1 aliphatic heterocycles. The molecule has 2 aromatic rings. The summed E-state index contributed by atoms with van der Waals surface area (Å²) in [5.41, 5.74) is 1.28. The van der Waals surface area contributed by atoms with Crippen molar-refractivity contribution in [3.05, 3.63) is 48.3 Å². The Morgan fingerprint density at radius 2 is 2.19 bits per heavy atom. The Morgan fingerprint density at radius 1 is 1.33 bits per heavy atom. The van der Waals surface area contributed by atoms with E-state index in [1.54, 1.807) is 10.9 Å².